The third kappa shape index (κ3) is 8.06. The number of rotatable bonds is 10. The van der Waals surface area contributed by atoms with Crippen LogP contribution < -0.4 is 20.7 Å². The standard InChI is InChI=1S/C32H28FN3O4S/c1-21(30(37)35-27-17-8-9-18-29(27)40-2)41-25-15-10-14-24(20-25)34-32(39)28(19-23-13-6-7-16-26(23)33)36-31(38)22-11-4-3-5-12-22/h3-21H,1-2H3,(H,34,39)(H,35,37)(H,36,38)/b28-19-. The van der Waals surface area contributed by atoms with Gasteiger partial charge in [0.1, 0.15) is 17.3 Å². The number of benzene rings is 4. The Bertz CT molecular complexity index is 1580. The Balaban J connectivity index is 1.49. The van der Waals surface area contributed by atoms with Crippen molar-refractivity contribution < 1.29 is 23.5 Å². The minimum Gasteiger partial charge on any atom is -0.495 e. The zero-order valence-corrected chi connectivity index (χ0v) is 23.2. The quantitative estimate of drug-likeness (QED) is 0.153. The summed E-state index contributed by atoms with van der Waals surface area (Å²) >= 11 is 1.31. The zero-order chi connectivity index (χ0) is 29.2. The topological polar surface area (TPSA) is 96.5 Å². The van der Waals surface area contributed by atoms with E-state index in [1.54, 1.807) is 79.7 Å². The molecule has 0 aliphatic carbocycles. The number of halogens is 1. The molecular formula is C32H28FN3O4S. The number of carbonyl (C=O) groups is 3. The largest absolute Gasteiger partial charge is 0.495 e. The average molecular weight is 570 g/mol. The van der Waals surface area contributed by atoms with Crippen LogP contribution in [0.15, 0.2) is 114 Å². The van der Waals surface area contributed by atoms with Crippen LogP contribution >= 0.6 is 11.8 Å². The molecule has 3 N–H and O–H groups in total. The highest BCUT2D eigenvalue weighted by molar-refractivity contribution is 8.00. The van der Waals surface area contributed by atoms with Gasteiger partial charge in [0.2, 0.25) is 5.91 Å². The Hall–Kier alpha value is -4.89. The predicted octanol–water partition coefficient (Wildman–Crippen LogP) is 6.36. The van der Waals surface area contributed by atoms with Crippen LogP contribution in [0.4, 0.5) is 15.8 Å². The molecule has 3 amide bonds. The number of hydrogen-bond donors (Lipinski definition) is 3. The normalized spacial score (nSPS) is 11.7. The van der Waals surface area contributed by atoms with Gasteiger partial charge in [0.25, 0.3) is 11.8 Å². The molecule has 7 nitrogen and oxygen atoms in total. The van der Waals surface area contributed by atoms with E-state index >= 15 is 0 Å². The smallest absolute Gasteiger partial charge is 0.272 e. The van der Waals surface area contributed by atoms with Crippen molar-refractivity contribution in [3.05, 3.63) is 126 Å². The first-order chi connectivity index (χ1) is 19.8. The highest BCUT2D eigenvalue weighted by Gasteiger charge is 2.18. The van der Waals surface area contributed by atoms with E-state index in [4.69, 9.17) is 4.74 Å². The summed E-state index contributed by atoms with van der Waals surface area (Å²) in [5.41, 5.74) is 1.36. The van der Waals surface area contributed by atoms with Crippen molar-refractivity contribution in [1.82, 2.24) is 5.32 Å². The maximum Gasteiger partial charge on any atom is 0.272 e. The third-order valence-electron chi connectivity index (χ3n) is 5.87. The van der Waals surface area contributed by atoms with Crippen molar-refractivity contribution in [2.45, 2.75) is 17.1 Å². The lowest BCUT2D eigenvalue weighted by molar-refractivity contribution is -0.115. The van der Waals surface area contributed by atoms with E-state index < -0.39 is 22.9 Å². The Labute approximate surface area is 241 Å². The van der Waals surface area contributed by atoms with Crippen molar-refractivity contribution in [2.75, 3.05) is 17.7 Å². The van der Waals surface area contributed by atoms with E-state index in [2.05, 4.69) is 16.0 Å². The molecule has 41 heavy (non-hydrogen) atoms. The number of carbonyl (C=O) groups excluding carboxylic acids is 3. The summed E-state index contributed by atoms with van der Waals surface area (Å²) in [7, 11) is 1.53. The molecule has 4 rings (SSSR count). The molecule has 4 aromatic rings. The first-order valence-corrected chi connectivity index (χ1v) is 13.6. The summed E-state index contributed by atoms with van der Waals surface area (Å²) in [5, 5.41) is 7.76. The molecule has 0 aliphatic rings. The van der Waals surface area contributed by atoms with E-state index in [0.717, 1.165) is 4.90 Å². The average Bonchev–Trinajstić information content (AvgIpc) is 2.98. The van der Waals surface area contributed by atoms with Gasteiger partial charge in [-0.25, -0.2) is 4.39 Å². The number of thioether (sulfide) groups is 1. The first kappa shape index (κ1) is 29.1. The number of hydrogen-bond acceptors (Lipinski definition) is 5. The van der Waals surface area contributed by atoms with E-state index in [1.807, 2.05) is 12.1 Å². The summed E-state index contributed by atoms with van der Waals surface area (Å²) in [6.45, 7) is 1.77. The van der Waals surface area contributed by atoms with Gasteiger partial charge in [0.15, 0.2) is 0 Å². The molecular weight excluding hydrogens is 541 g/mol. The SMILES string of the molecule is COc1ccccc1NC(=O)C(C)Sc1cccc(NC(=O)/C(=C/c2ccccc2F)NC(=O)c2ccccc2)c1. The Morgan fingerprint density at radius 2 is 1.56 bits per heavy atom. The fourth-order valence-electron chi connectivity index (χ4n) is 3.78. The summed E-state index contributed by atoms with van der Waals surface area (Å²) in [6.07, 6.45) is 1.29. The number of ether oxygens (including phenoxy) is 1. The van der Waals surface area contributed by atoms with Crippen molar-refractivity contribution in [2.24, 2.45) is 0 Å². The molecule has 0 radical (unpaired) electrons. The van der Waals surface area contributed by atoms with Crippen LogP contribution in [0.25, 0.3) is 6.08 Å². The molecule has 0 aliphatic heterocycles. The van der Waals surface area contributed by atoms with Crippen LogP contribution in [0.3, 0.4) is 0 Å². The van der Waals surface area contributed by atoms with Gasteiger partial charge in [0.05, 0.1) is 18.0 Å². The number of anilines is 2. The van der Waals surface area contributed by atoms with Crippen molar-refractivity contribution in [1.29, 1.82) is 0 Å². The highest BCUT2D eigenvalue weighted by Crippen LogP contribution is 2.29. The Morgan fingerprint density at radius 3 is 2.32 bits per heavy atom. The van der Waals surface area contributed by atoms with Gasteiger partial charge in [-0.1, -0.05) is 54.6 Å². The highest BCUT2D eigenvalue weighted by atomic mass is 32.2. The summed E-state index contributed by atoms with van der Waals surface area (Å²) in [5.74, 6) is -1.34. The van der Waals surface area contributed by atoms with Crippen molar-refractivity contribution in [3.8, 4) is 5.75 Å². The second-order valence-corrected chi connectivity index (χ2v) is 10.2. The molecule has 9 heteroatoms. The van der Waals surface area contributed by atoms with Gasteiger partial charge in [-0.05, 0) is 61.5 Å². The fourth-order valence-corrected chi connectivity index (χ4v) is 4.70. The van der Waals surface area contributed by atoms with E-state index in [1.165, 1.54) is 43.1 Å². The number of para-hydroxylation sites is 2. The second-order valence-electron chi connectivity index (χ2n) is 8.83. The van der Waals surface area contributed by atoms with Crippen LogP contribution in [0.5, 0.6) is 5.75 Å². The number of methoxy groups -OCH3 is 1. The molecule has 4 aromatic carbocycles. The summed E-state index contributed by atoms with van der Waals surface area (Å²) < 4.78 is 19.7. The van der Waals surface area contributed by atoms with Crippen LogP contribution in [-0.4, -0.2) is 30.1 Å². The van der Waals surface area contributed by atoms with Gasteiger partial charge in [-0.2, -0.15) is 0 Å². The van der Waals surface area contributed by atoms with Gasteiger partial charge in [-0.15, -0.1) is 11.8 Å². The molecule has 0 bridgehead atoms. The lowest BCUT2D eigenvalue weighted by Crippen LogP contribution is -2.30. The minimum atomic E-state index is -0.637. The van der Waals surface area contributed by atoms with Crippen molar-refractivity contribution >= 4 is 46.9 Å². The van der Waals surface area contributed by atoms with Gasteiger partial charge in [0, 0.05) is 21.7 Å². The Morgan fingerprint density at radius 1 is 0.854 bits per heavy atom. The summed E-state index contributed by atoms with van der Waals surface area (Å²) in [6, 6.07) is 28.4. The van der Waals surface area contributed by atoms with Crippen LogP contribution in [-0.2, 0) is 9.59 Å². The first-order valence-electron chi connectivity index (χ1n) is 12.7. The van der Waals surface area contributed by atoms with Crippen LogP contribution in [0.2, 0.25) is 0 Å². The number of amides is 3. The molecule has 0 heterocycles. The molecule has 0 spiro atoms. The third-order valence-corrected chi connectivity index (χ3v) is 6.97. The molecule has 0 fully saturated rings. The van der Waals surface area contributed by atoms with E-state index in [0.29, 0.717) is 22.7 Å². The van der Waals surface area contributed by atoms with Crippen LogP contribution in [0, 0.1) is 5.82 Å². The van der Waals surface area contributed by atoms with E-state index in [-0.39, 0.29) is 17.2 Å². The fraction of sp³-hybridized carbons (Fsp3) is 0.0938. The van der Waals surface area contributed by atoms with Crippen molar-refractivity contribution in [3.63, 3.8) is 0 Å². The molecule has 1 unspecified atom stereocenters. The lowest BCUT2D eigenvalue weighted by atomic mass is 10.1. The maximum atomic E-state index is 14.4. The number of nitrogens with one attached hydrogen (secondary N) is 3. The molecule has 0 saturated heterocycles. The summed E-state index contributed by atoms with van der Waals surface area (Å²) in [4.78, 5) is 39.7. The molecule has 1 atom stereocenters. The molecule has 0 saturated carbocycles. The Kier molecular flexibility index (Phi) is 9.90. The van der Waals surface area contributed by atoms with Crippen LogP contribution in [0.1, 0.15) is 22.8 Å². The zero-order valence-electron chi connectivity index (χ0n) is 22.4. The maximum absolute atomic E-state index is 14.4. The van der Waals surface area contributed by atoms with Gasteiger partial charge in [-0.3, -0.25) is 14.4 Å². The lowest BCUT2D eigenvalue weighted by Gasteiger charge is -2.15. The van der Waals surface area contributed by atoms with E-state index in [9.17, 15) is 18.8 Å². The molecule has 0 aromatic heterocycles. The molecule has 208 valence electrons. The van der Waals surface area contributed by atoms with Gasteiger partial charge < -0.3 is 20.7 Å². The predicted molar refractivity (Wildman–Crippen MR) is 160 cm³/mol. The van der Waals surface area contributed by atoms with Gasteiger partial charge >= 0.3 is 0 Å². The minimum absolute atomic E-state index is 0.133. The second kappa shape index (κ2) is 14.0. The monoisotopic (exact) mass is 569 g/mol.